The van der Waals surface area contributed by atoms with Crippen LogP contribution in [0, 0.1) is 0 Å². The molecule has 4 aromatic rings. The van der Waals surface area contributed by atoms with E-state index in [4.69, 9.17) is 38.3 Å². The normalized spacial score (nSPS) is 19.3. The molecule has 2 N–H and O–H groups in total. The smallest absolute Gasteiger partial charge is 0.338 e. The predicted octanol–water partition coefficient (Wildman–Crippen LogP) is 4.81. The number of carbonyl (C=O) groups is 4. The van der Waals surface area contributed by atoms with E-state index < -0.39 is 5.97 Å². The Morgan fingerprint density at radius 1 is 0.724 bits per heavy atom. The van der Waals surface area contributed by atoms with Gasteiger partial charge in [0.15, 0.2) is 11.6 Å². The lowest BCUT2D eigenvalue weighted by Gasteiger charge is -2.43. The minimum atomic E-state index is -1.05. The number of rotatable bonds is 8. The molecule has 0 spiro atoms. The van der Waals surface area contributed by atoms with E-state index in [-0.39, 0.29) is 46.7 Å². The molecule has 18 nitrogen and oxygen atoms in total. The molecule has 0 bridgehead atoms. The largest absolute Gasteiger partial charge is 0.478 e. The van der Waals surface area contributed by atoms with Crippen LogP contribution < -0.4 is 24.9 Å². The van der Waals surface area contributed by atoms with Crippen molar-refractivity contribution in [1.82, 2.24) is 44.8 Å². The molecular weight excluding hydrogens is 789 g/mol. The molecule has 2 aliphatic heterocycles. The number of halogens is 2. The molecule has 2 saturated carbocycles. The van der Waals surface area contributed by atoms with Gasteiger partial charge in [-0.05, 0) is 38.5 Å². The highest BCUT2D eigenvalue weighted by atomic mass is 35.5. The second-order valence-corrected chi connectivity index (χ2v) is 15.2. The maximum Gasteiger partial charge on any atom is 0.338 e. The van der Waals surface area contributed by atoms with Crippen LogP contribution in [0.1, 0.15) is 98.8 Å². The number of amides is 3. The van der Waals surface area contributed by atoms with Crippen molar-refractivity contribution in [1.29, 1.82) is 0 Å². The SMILES string of the molecule is CC[C@@H]1C(=O)N(C)c2cnc(-n3cc(C(=O)NC)cn3)nc2N1C1CCCC1.CC[C@@H]1C(=O)N(C)c2cnc(-n3cc(C(=O)O)cn3)nc2N1C1CCCC1.ClCCl. The Hall–Kier alpha value is -5.36. The van der Waals surface area contributed by atoms with E-state index in [0.717, 1.165) is 50.8 Å². The second-order valence-electron chi connectivity index (χ2n) is 14.4. The summed E-state index contributed by atoms with van der Waals surface area (Å²) in [5.74, 6) is 1.03. The van der Waals surface area contributed by atoms with Crippen molar-refractivity contribution in [2.24, 2.45) is 0 Å². The number of fused-ring (bicyclic) bond motifs is 2. The van der Waals surface area contributed by atoms with Crippen LogP contribution in [0.3, 0.4) is 0 Å². The minimum Gasteiger partial charge on any atom is -0.478 e. The van der Waals surface area contributed by atoms with Crippen LogP contribution in [-0.4, -0.2) is 119 Å². The van der Waals surface area contributed by atoms with Crippen LogP contribution in [0.5, 0.6) is 0 Å². The third-order valence-corrected chi connectivity index (χ3v) is 11.1. The fourth-order valence-electron chi connectivity index (χ4n) is 8.21. The number of anilines is 4. The second kappa shape index (κ2) is 18.5. The van der Waals surface area contributed by atoms with Crippen molar-refractivity contribution < 1.29 is 24.3 Å². The summed E-state index contributed by atoms with van der Waals surface area (Å²) >= 11 is 9.53. The van der Waals surface area contributed by atoms with Crippen LogP contribution in [0.25, 0.3) is 11.9 Å². The number of aromatic carboxylic acids is 1. The molecule has 310 valence electrons. The number of hydrogen-bond acceptors (Lipinski definition) is 12. The number of nitrogens with zero attached hydrogens (tertiary/aromatic N) is 12. The highest BCUT2D eigenvalue weighted by molar-refractivity contribution is 6.40. The zero-order valence-electron chi connectivity index (χ0n) is 33.3. The quantitative estimate of drug-likeness (QED) is 0.229. The number of carbonyl (C=O) groups excluding carboxylic acids is 3. The fourth-order valence-corrected chi connectivity index (χ4v) is 8.21. The molecule has 20 heteroatoms. The number of carboxylic acid groups (broad SMARTS) is 1. The third kappa shape index (κ3) is 8.30. The molecule has 0 unspecified atom stereocenters. The van der Waals surface area contributed by atoms with Crippen LogP contribution in [0.4, 0.5) is 23.0 Å². The molecule has 8 rings (SSSR count). The standard InChI is InChI=1S/C19H25N7O2.C18H22N6O3.CH2Cl2/c1-4-14-18(28)24(3)15-10-21-19(25-11-12(9-22-25)17(27)20-2)23-16(15)26(14)13-7-5-6-8-13;1-3-13-16(25)22(2)14-9-19-18(23-10-11(8-20-23)17(26)27)21-15(14)24(13)12-6-4-5-7-12;2-1-3/h9-11,13-14H,4-8H2,1-3H3,(H,20,27);8-10,12-13H,3-7H2,1-2H3,(H,26,27);1H2/t14-;13-;/m11./s1. The Kier molecular flexibility index (Phi) is 13.5. The first-order chi connectivity index (χ1) is 28.0. The van der Waals surface area contributed by atoms with E-state index in [1.165, 1.54) is 40.8 Å². The Morgan fingerprint density at radius 2 is 1.12 bits per heavy atom. The van der Waals surface area contributed by atoms with Gasteiger partial charge in [-0.2, -0.15) is 20.2 Å². The first kappa shape index (κ1) is 42.3. The molecule has 0 radical (unpaired) electrons. The van der Waals surface area contributed by atoms with Crippen LogP contribution >= 0.6 is 23.2 Å². The van der Waals surface area contributed by atoms with Crippen molar-refractivity contribution in [3.63, 3.8) is 0 Å². The Balaban J connectivity index is 0.000000183. The number of nitrogens with one attached hydrogen (secondary N) is 1. The molecule has 4 aromatic heterocycles. The highest BCUT2D eigenvalue weighted by Crippen LogP contribution is 2.41. The maximum atomic E-state index is 12.9. The summed E-state index contributed by atoms with van der Waals surface area (Å²) in [6, 6.07) is 0.118. The zero-order valence-corrected chi connectivity index (χ0v) is 34.8. The van der Waals surface area contributed by atoms with E-state index in [0.29, 0.717) is 47.1 Å². The Morgan fingerprint density at radius 3 is 1.48 bits per heavy atom. The van der Waals surface area contributed by atoms with Gasteiger partial charge in [0.05, 0.1) is 41.3 Å². The average Bonchev–Trinajstić information content (AvgIpc) is 4.09. The van der Waals surface area contributed by atoms with Gasteiger partial charge in [0.1, 0.15) is 23.5 Å². The number of likely N-dealkylation sites (N-methyl/N-ethyl adjacent to an activating group) is 2. The molecule has 3 amide bonds. The van der Waals surface area contributed by atoms with Gasteiger partial charge in [0.25, 0.3) is 17.8 Å². The highest BCUT2D eigenvalue weighted by Gasteiger charge is 2.43. The van der Waals surface area contributed by atoms with Crippen LogP contribution in [0.15, 0.2) is 37.2 Å². The molecule has 58 heavy (non-hydrogen) atoms. The van der Waals surface area contributed by atoms with E-state index >= 15 is 0 Å². The van der Waals surface area contributed by atoms with Gasteiger partial charge in [-0.25, -0.2) is 24.1 Å². The molecule has 2 fully saturated rings. The predicted molar refractivity (Wildman–Crippen MR) is 220 cm³/mol. The molecule has 6 heterocycles. The Bertz CT molecular complexity index is 2120. The number of hydrogen-bond donors (Lipinski definition) is 2. The first-order valence-electron chi connectivity index (χ1n) is 19.5. The van der Waals surface area contributed by atoms with Crippen molar-refractivity contribution in [3.8, 4) is 11.9 Å². The maximum absolute atomic E-state index is 12.9. The average molecular weight is 839 g/mol. The summed E-state index contributed by atoms with van der Waals surface area (Å²) in [6.07, 6.45) is 19.3. The lowest BCUT2D eigenvalue weighted by Crippen LogP contribution is -2.55. The summed E-state index contributed by atoms with van der Waals surface area (Å²) in [4.78, 5) is 74.5. The summed E-state index contributed by atoms with van der Waals surface area (Å²) in [7, 11) is 5.10. The van der Waals surface area contributed by atoms with Crippen LogP contribution in [-0.2, 0) is 9.59 Å². The van der Waals surface area contributed by atoms with Crippen molar-refractivity contribution in [2.45, 2.75) is 102 Å². The zero-order chi connectivity index (χ0) is 41.7. The van der Waals surface area contributed by atoms with Crippen molar-refractivity contribution in [2.75, 3.05) is 46.1 Å². The summed E-state index contributed by atoms with van der Waals surface area (Å²) in [6.45, 7) is 4.05. The van der Waals surface area contributed by atoms with Gasteiger partial charge in [0, 0.05) is 45.6 Å². The lowest BCUT2D eigenvalue weighted by molar-refractivity contribution is -0.120. The van der Waals surface area contributed by atoms with Crippen molar-refractivity contribution >= 4 is 69.9 Å². The summed E-state index contributed by atoms with van der Waals surface area (Å²) in [5.41, 5.74) is 1.90. The molecule has 0 saturated heterocycles. The van der Waals surface area contributed by atoms with E-state index in [9.17, 15) is 19.2 Å². The van der Waals surface area contributed by atoms with E-state index in [1.54, 1.807) is 49.5 Å². The number of aromatic nitrogens is 8. The van der Waals surface area contributed by atoms with Gasteiger partial charge < -0.3 is 30.0 Å². The molecule has 2 aliphatic carbocycles. The van der Waals surface area contributed by atoms with Gasteiger partial charge in [0.2, 0.25) is 11.8 Å². The first-order valence-corrected chi connectivity index (χ1v) is 20.6. The minimum absolute atomic E-state index is 0.0560. The Labute approximate surface area is 346 Å². The third-order valence-electron chi connectivity index (χ3n) is 11.1. The molecular formula is C38H49Cl2N13O5. The fraction of sp³-hybridized carbons (Fsp3) is 0.526. The lowest BCUT2D eigenvalue weighted by atomic mass is 10.0. The number of alkyl halides is 2. The van der Waals surface area contributed by atoms with Crippen molar-refractivity contribution in [3.05, 3.63) is 48.3 Å². The molecule has 4 aliphatic rings. The van der Waals surface area contributed by atoms with Gasteiger partial charge >= 0.3 is 5.97 Å². The summed E-state index contributed by atoms with van der Waals surface area (Å²) < 4.78 is 2.85. The van der Waals surface area contributed by atoms with Gasteiger partial charge in [-0.1, -0.05) is 39.5 Å². The van der Waals surface area contributed by atoms with Crippen LogP contribution in [0.2, 0.25) is 0 Å². The summed E-state index contributed by atoms with van der Waals surface area (Å²) in [5, 5.41) is 20.2. The molecule has 0 aromatic carbocycles. The monoisotopic (exact) mass is 837 g/mol. The number of carboxylic acids is 1. The topological polar surface area (TPSA) is 201 Å². The van der Waals surface area contributed by atoms with E-state index in [2.05, 4.69) is 35.3 Å². The van der Waals surface area contributed by atoms with Gasteiger partial charge in [-0.3, -0.25) is 14.4 Å². The molecule has 2 atom stereocenters. The van der Waals surface area contributed by atoms with Gasteiger partial charge in [-0.15, -0.1) is 23.2 Å². The van der Waals surface area contributed by atoms with E-state index in [1.807, 2.05) is 13.8 Å².